The smallest absolute Gasteiger partial charge is 0.0677 e. The summed E-state index contributed by atoms with van der Waals surface area (Å²) in [5.41, 5.74) is 10.9. The van der Waals surface area contributed by atoms with Crippen LogP contribution in [0.25, 0.3) is 0 Å². The van der Waals surface area contributed by atoms with Crippen molar-refractivity contribution in [3.05, 3.63) is 45.7 Å². The summed E-state index contributed by atoms with van der Waals surface area (Å²) in [7, 11) is 0. The van der Waals surface area contributed by atoms with Crippen LogP contribution in [0.1, 0.15) is 22.5 Å². The van der Waals surface area contributed by atoms with E-state index in [0.29, 0.717) is 6.54 Å². The highest BCUT2D eigenvalue weighted by atomic mass is 35.5. The van der Waals surface area contributed by atoms with Gasteiger partial charge in [-0.1, -0.05) is 11.6 Å². The topological polar surface area (TPSA) is 43.8 Å². The molecule has 0 aliphatic heterocycles. The third-order valence-corrected chi connectivity index (χ3v) is 3.50. The fourth-order valence-corrected chi connectivity index (χ4v) is 1.99. The zero-order valence-corrected chi connectivity index (χ0v) is 11.0. The highest BCUT2D eigenvalue weighted by Crippen LogP contribution is 2.21. The highest BCUT2D eigenvalue weighted by Gasteiger charge is 2.09. The van der Waals surface area contributed by atoms with Crippen LogP contribution in [0.3, 0.4) is 0 Å². The average Bonchev–Trinajstić information content (AvgIpc) is 2.52. The van der Waals surface area contributed by atoms with Crippen molar-refractivity contribution < 1.29 is 0 Å². The molecule has 0 bridgehead atoms. The van der Waals surface area contributed by atoms with Crippen molar-refractivity contribution >= 4 is 17.3 Å². The zero-order chi connectivity index (χ0) is 12.6. The van der Waals surface area contributed by atoms with Gasteiger partial charge in [-0.05, 0) is 50.1 Å². The minimum absolute atomic E-state index is 0.657. The minimum atomic E-state index is 0.657. The van der Waals surface area contributed by atoms with Gasteiger partial charge in [0.1, 0.15) is 0 Å². The number of nitrogens with two attached hydrogens (primary N) is 1. The molecule has 1 aromatic carbocycles. The van der Waals surface area contributed by atoms with Gasteiger partial charge in [0.15, 0.2) is 0 Å². The van der Waals surface area contributed by atoms with E-state index in [4.69, 9.17) is 17.3 Å². The molecule has 0 fully saturated rings. The van der Waals surface area contributed by atoms with Crippen LogP contribution in [0.4, 0.5) is 5.69 Å². The number of benzene rings is 1. The van der Waals surface area contributed by atoms with E-state index in [9.17, 15) is 0 Å². The normalized spacial score (nSPS) is 10.8. The van der Waals surface area contributed by atoms with Crippen LogP contribution in [0.5, 0.6) is 0 Å². The number of anilines is 1. The molecule has 0 saturated carbocycles. The number of rotatable bonds is 2. The van der Waals surface area contributed by atoms with Gasteiger partial charge in [-0.25, -0.2) is 0 Å². The van der Waals surface area contributed by atoms with E-state index < -0.39 is 0 Å². The number of hydrogen-bond donors (Lipinski definition) is 1. The molecule has 2 aromatic rings. The van der Waals surface area contributed by atoms with Crippen LogP contribution < -0.4 is 5.73 Å². The molecule has 1 aromatic heterocycles. The minimum Gasteiger partial charge on any atom is -0.399 e. The fourth-order valence-electron chi connectivity index (χ4n) is 1.82. The van der Waals surface area contributed by atoms with Crippen molar-refractivity contribution in [2.75, 3.05) is 5.73 Å². The molecule has 17 heavy (non-hydrogen) atoms. The van der Waals surface area contributed by atoms with Crippen molar-refractivity contribution in [1.29, 1.82) is 0 Å². The Kier molecular flexibility index (Phi) is 3.11. The standard InChI is InChI=1S/C13H16ClN3/c1-8-9(2)16-17(10(8)3)7-11-6-12(15)4-5-13(11)14/h4-6H,7,15H2,1-3H3. The molecule has 0 atom stereocenters. The van der Waals surface area contributed by atoms with Crippen LogP contribution in [-0.2, 0) is 6.54 Å². The van der Waals surface area contributed by atoms with Gasteiger partial charge in [-0.2, -0.15) is 5.10 Å². The first-order chi connectivity index (χ1) is 7.99. The third kappa shape index (κ3) is 2.29. The van der Waals surface area contributed by atoms with E-state index in [1.165, 1.54) is 11.3 Å². The average molecular weight is 250 g/mol. The second-order valence-electron chi connectivity index (χ2n) is 4.30. The van der Waals surface area contributed by atoms with Gasteiger partial charge in [0.05, 0.1) is 12.2 Å². The summed E-state index contributed by atoms with van der Waals surface area (Å²) in [5, 5.41) is 5.22. The van der Waals surface area contributed by atoms with Gasteiger partial charge < -0.3 is 5.73 Å². The molecule has 0 saturated heterocycles. The van der Waals surface area contributed by atoms with Gasteiger partial charge in [0.2, 0.25) is 0 Å². The highest BCUT2D eigenvalue weighted by molar-refractivity contribution is 6.31. The molecule has 0 aliphatic carbocycles. The molecule has 4 heteroatoms. The summed E-state index contributed by atoms with van der Waals surface area (Å²) in [5.74, 6) is 0. The van der Waals surface area contributed by atoms with E-state index in [0.717, 1.165) is 22.0 Å². The Morgan fingerprint density at radius 3 is 2.59 bits per heavy atom. The predicted molar refractivity (Wildman–Crippen MR) is 71.4 cm³/mol. The van der Waals surface area contributed by atoms with Gasteiger partial charge in [0, 0.05) is 16.4 Å². The predicted octanol–water partition coefficient (Wildman–Crippen LogP) is 3.09. The van der Waals surface area contributed by atoms with Crippen LogP contribution >= 0.6 is 11.6 Å². The first-order valence-corrected chi connectivity index (χ1v) is 5.91. The summed E-state index contributed by atoms with van der Waals surface area (Å²) in [6.07, 6.45) is 0. The third-order valence-electron chi connectivity index (χ3n) is 3.13. The Bertz CT molecular complexity index is 558. The number of aromatic nitrogens is 2. The van der Waals surface area contributed by atoms with E-state index in [1.807, 2.05) is 23.7 Å². The lowest BCUT2D eigenvalue weighted by atomic mass is 10.2. The summed E-state index contributed by atoms with van der Waals surface area (Å²) in [4.78, 5) is 0. The van der Waals surface area contributed by atoms with Crippen molar-refractivity contribution in [3.63, 3.8) is 0 Å². The second-order valence-corrected chi connectivity index (χ2v) is 4.71. The summed E-state index contributed by atoms with van der Waals surface area (Å²) < 4.78 is 1.96. The molecule has 0 radical (unpaired) electrons. The number of nitrogens with zero attached hydrogens (tertiary/aromatic N) is 2. The van der Waals surface area contributed by atoms with Crippen LogP contribution in [-0.4, -0.2) is 9.78 Å². The maximum Gasteiger partial charge on any atom is 0.0677 e. The molecular weight excluding hydrogens is 234 g/mol. The molecule has 2 N–H and O–H groups in total. The quantitative estimate of drug-likeness (QED) is 0.832. The fraction of sp³-hybridized carbons (Fsp3) is 0.308. The maximum absolute atomic E-state index is 6.15. The SMILES string of the molecule is Cc1nn(Cc2cc(N)ccc2Cl)c(C)c1C. The van der Waals surface area contributed by atoms with E-state index in [1.54, 1.807) is 6.07 Å². The maximum atomic E-state index is 6.15. The van der Waals surface area contributed by atoms with Crippen LogP contribution in [0, 0.1) is 20.8 Å². The largest absolute Gasteiger partial charge is 0.399 e. The van der Waals surface area contributed by atoms with Crippen molar-refractivity contribution in [3.8, 4) is 0 Å². The summed E-state index contributed by atoms with van der Waals surface area (Å²) in [6, 6.07) is 5.52. The summed E-state index contributed by atoms with van der Waals surface area (Å²) in [6.45, 7) is 6.81. The van der Waals surface area contributed by atoms with Crippen molar-refractivity contribution in [2.24, 2.45) is 0 Å². The zero-order valence-electron chi connectivity index (χ0n) is 10.3. The lowest BCUT2D eigenvalue weighted by Gasteiger charge is -2.08. The Morgan fingerprint density at radius 2 is 2.00 bits per heavy atom. The Morgan fingerprint density at radius 1 is 1.29 bits per heavy atom. The summed E-state index contributed by atoms with van der Waals surface area (Å²) >= 11 is 6.15. The molecule has 90 valence electrons. The lowest BCUT2D eigenvalue weighted by molar-refractivity contribution is 0.659. The van der Waals surface area contributed by atoms with Gasteiger partial charge in [-0.15, -0.1) is 0 Å². The molecular formula is C13H16ClN3. The lowest BCUT2D eigenvalue weighted by Crippen LogP contribution is -2.05. The molecule has 0 unspecified atom stereocenters. The molecule has 1 heterocycles. The first kappa shape index (κ1) is 12.0. The van der Waals surface area contributed by atoms with Crippen LogP contribution in [0.15, 0.2) is 18.2 Å². The number of halogens is 1. The second kappa shape index (κ2) is 4.41. The van der Waals surface area contributed by atoms with Gasteiger partial charge in [0.25, 0.3) is 0 Å². The number of nitrogen functional groups attached to an aromatic ring is 1. The van der Waals surface area contributed by atoms with Crippen molar-refractivity contribution in [1.82, 2.24) is 9.78 Å². The van der Waals surface area contributed by atoms with E-state index in [-0.39, 0.29) is 0 Å². The number of aryl methyl sites for hydroxylation is 1. The Balaban J connectivity index is 2.37. The molecule has 0 amide bonds. The monoisotopic (exact) mass is 249 g/mol. The van der Waals surface area contributed by atoms with E-state index in [2.05, 4.69) is 18.9 Å². The van der Waals surface area contributed by atoms with Gasteiger partial charge in [-0.3, -0.25) is 4.68 Å². The molecule has 3 nitrogen and oxygen atoms in total. The number of hydrogen-bond acceptors (Lipinski definition) is 2. The first-order valence-electron chi connectivity index (χ1n) is 5.53. The van der Waals surface area contributed by atoms with E-state index >= 15 is 0 Å². The Hall–Kier alpha value is -1.48. The molecule has 0 aliphatic rings. The van der Waals surface area contributed by atoms with Crippen LogP contribution in [0.2, 0.25) is 5.02 Å². The van der Waals surface area contributed by atoms with Crippen molar-refractivity contribution in [2.45, 2.75) is 27.3 Å². The van der Waals surface area contributed by atoms with Gasteiger partial charge >= 0.3 is 0 Å². The Labute approximate surface area is 106 Å². The molecule has 2 rings (SSSR count). The molecule has 0 spiro atoms.